The monoisotopic (exact) mass is 209 g/mol. The molecule has 1 aliphatic heterocycles. The minimum Gasteiger partial charge on any atom is -0.353 e. The van der Waals surface area contributed by atoms with Crippen LogP contribution in [0.2, 0.25) is 0 Å². The van der Waals surface area contributed by atoms with Gasteiger partial charge in [0.05, 0.1) is 11.7 Å². The summed E-state index contributed by atoms with van der Waals surface area (Å²) in [5.74, 6) is 0.514. The van der Waals surface area contributed by atoms with Crippen molar-refractivity contribution in [1.29, 1.82) is 0 Å². The second-order valence-electron chi connectivity index (χ2n) is 4.30. The number of hydrogen-bond acceptors (Lipinski definition) is 3. The van der Waals surface area contributed by atoms with E-state index < -0.39 is 0 Å². The highest BCUT2D eigenvalue weighted by Gasteiger charge is 2.38. The fourth-order valence-corrected chi connectivity index (χ4v) is 2.09. The molecule has 0 bridgehead atoms. The Morgan fingerprint density at radius 2 is 2.27 bits per heavy atom. The number of rotatable bonds is 3. The highest BCUT2D eigenvalue weighted by atomic mass is 19.1. The third kappa shape index (κ3) is 2.09. The van der Waals surface area contributed by atoms with Gasteiger partial charge in [-0.25, -0.2) is 9.37 Å². The molecule has 1 aliphatic rings. The Balaban J connectivity index is 1.97. The van der Waals surface area contributed by atoms with Gasteiger partial charge in [0.25, 0.3) is 0 Å². The first kappa shape index (κ1) is 10.4. The van der Waals surface area contributed by atoms with E-state index in [4.69, 9.17) is 5.73 Å². The van der Waals surface area contributed by atoms with E-state index in [9.17, 15) is 4.39 Å². The summed E-state index contributed by atoms with van der Waals surface area (Å²) >= 11 is 0. The molecule has 0 aromatic carbocycles. The van der Waals surface area contributed by atoms with Crippen LogP contribution in [0.4, 0.5) is 10.2 Å². The largest absolute Gasteiger partial charge is 0.353 e. The molecule has 2 N–H and O–H groups in total. The molecule has 0 saturated carbocycles. The zero-order chi connectivity index (χ0) is 10.9. The summed E-state index contributed by atoms with van der Waals surface area (Å²) in [6.07, 6.45) is 3.37. The van der Waals surface area contributed by atoms with E-state index in [1.54, 1.807) is 6.07 Å². The number of aromatic nitrogens is 1. The van der Waals surface area contributed by atoms with Gasteiger partial charge >= 0.3 is 0 Å². The van der Waals surface area contributed by atoms with Gasteiger partial charge in [0, 0.05) is 13.1 Å². The van der Waals surface area contributed by atoms with E-state index >= 15 is 0 Å². The molecule has 2 heterocycles. The summed E-state index contributed by atoms with van der Waals surface area (Å²) in [5, 5.41) is 0. The lowest BCUT2D eigenvalue weighted by atomic mass is 9.86. The van der Waals surface area contributed by atoms with Crippen LogP contribution in [0.25, 0.3) is 0 Å². The quantitative estimate of drug-likeness (QED) is 0.821. The second-order valence-corrected chi connectivity index (χ2v) is 4.30. The third-order valence-electron chi connectivity index (χ3n) is 2.80. The van der Waals surface area contributed by atoms with E-state index in [1.165, 1.54) is 12.3 Å². The van der Waals surface area contributed by atoms with Crippen LogP contribution in [0.15, 0.2) is 18.3 Å². The predicted molar refractivity (Wildman–Crippen MR) is 58.2 cm³/mol. The summed E-state index contributed by atoms with van der Waals surface area (Å²) in [6, 6.07) is 3.12. The SMILES string of the molecule is CCCC1(N)CN(c2ccc(F)cn2)C1. The van der Waals surface area contributed by atoms with E-state index in [2.05, 4.69) is 16.8 Å². The van der Waals surface area contributed by atoms with Crippen molar-refractivity contribution in [2.75, 3.05) is 18.0 Å². The molecule has 0 atom stereocenters. The highest BCUT2D eigenvalue weighted by Crippen LogP contribution is 2.27. The zero-order valence-electron chi connectivity index (χ0n) is 8.91. The van der Waals surface area contributed by atoms with Crippen LogP contribution < -0.4 is 10.6 Å². The fraction of sp³-hybridized carbons (Fsp3) is 0.545. The van der Waals surface area contributed by atoms with E-state index in [1.807, 2.05) is 0 Å². The van der Waals surface area contributed by atoms with Gasteiger partial charge in [0.2, 0.25) is 0 Å². The molecule has 2 rings (SSSR count). The Hall–Kier alpha value is -1.16. The molecular formula is C11H16FN3. The van der Waals surface area contributed by atoms with Crippen LogP contribution in [0, 0.1) is 5.82 Å². The van der Waals surface area contributed by atoms with Crippen molar-refractivity contribution in [2.24, 2.45) is 5.73 Å². The lowest BCUT2D eigenvalue weighted by Gasteiger charge is -2.48. The molecule has 0 aliphatic carbocycles. The average Bonchev–Trinajstić information content (AvgIpc) is 2.16. The summed E-state index contributed by atoms with van der Waals surface area (Å²) in [6.45, 7) is 3.77. The minimum absolute atomic E-state index is 0.0647. The lowest BCUT2D eigenvalue weighted by molar-refractivity contribution is 0.306. The van der Waals surface area contributed by atoms with Gasteiger partial charge in [-0.15, -0.1) is 0 Å². The molecule has 0 amide bonds. The highest BCUT2D eigenvalue weighted by molar-refractivity contribution is 5.44. The van der Waals surface area contributed by atoms with Crippen molar-refractivity contribution in [3.8, 4) is 0 Å². The summed E-state index contributed by atoms with van der Waals surface area (Å²) in [4.78, 5) is 6.10. The Morgan fingerprint density at radius 3 is 2.80 bits per heavy atom. The van der Waals surface area contributed by atoms with Crippen LogP contribution in [-0.2, 0) is 0 Å². The summed E-state index contributed by atoms with van der Waals surface area (Å²) in [7, 11) is 0. The molecule has 1 saturated heterocycles. The molecular weight excluding hydrogens is 193 g/mol. The van der Waals surface area contributed by atoms with Crippen LogP contribution in [-0.4, -0.2) is 23.6 Å². The van der Waals surface area contributed by atoms with Crippen molar-refractivity contribution in [2.45, 2.75) is 25.3 Å². The summed E-state index contributed by atoms with van der Waals surface area (Å²) in [5.41, 5.74) is 6.06. The minimum atomic E-state index is -0.299. The molecule has 1 fully saturated rings. The third-order valence-corrected chi connectivity index (χ3v) is 2.80. The maximum atomic E-state index is 12.6. The zero-order valence-corrected chi connectivity index (χ0v) is 8.91. The number of nitrogens with two attached hydrogens (primary N) is 1. The number of pyridine rings is 1. The fourth-order valence-electron chi connectivity index (χ4n) is 2.09. The van der Waals surface area contributed by atoms with E-state index in [0.717, 1.165) is 31.7 Å². The maximum Gasteiger partial charge on any atom is 0.141 e. The maximum absolute atomic E-state index is 12.6. The number of nitrogens with zero attached hydrogens (tertiary/aromatic N) is 2. The van der Waals surface area contributed by atoms with Crippen molar-refractivity contribution < 1.29 is 4.39 Å². The number of hydrogen-bond donors (Lipinski definition) is 1. The Kier molecular flexibility index (Phi) is 2.61. The molecule has 0 radical (unpaired) electrons. The molecule has 4 heteroatoms. The first-order chi connectivity index (χ1) is 7.13. The van der Waals surface area contributed by atoms with Crippen LogP contribution >= 0.6 is 0 Å². The molecule has 0 unspecified atom stereocenters. The molecule has 0 spiro atoms. The molecule has 82 valence electrons. The molecule has 15 heavy (non-hydrogen) atoms. The average molecular weight is 209 g/mol. The lowest BCUT2D eigenvalue weighted by Crippen LogP contribution is -2.67. The topological polar surface area (TPSA) is 42.1 Å². The van der Waals surface area contributed by atoms with Crippen molar-refractivity contribution in [3.05, 3.63) is 24.1 Å². The van der Waals surface area contributed by atoms with Crippen LogP contribution in [0.1, 0.15) is 19.8 Å². The molecule has 3 nitrogen and oxygen atoms in total. The van der Waals surface area contributed by atoms with Crippen LogP contribution in [0.5, 0.6) is 0 Å². The Morgan fingerprint density at radius 1 is 1.53 bits per heavy atom. The van der Waals surface area contributed by atoms with Crippen molar-refractivity contribution in [1.82, 2.24) is 4.98 Å². The first-order valence-electron chi connectivity index (χ1n) is 5.28. The van der Waals surface area contributed by atoms with Crippen molar-refractivity contribution in [3.63, 3.8) is 0 Å². The Labute approximate surface area is 89.1 Å². The Bertz CT molecular complexity index is 330. The van der Waals surface area contributed by atoms with Crippen molar-refractivity contribution >= 4 is 5.82 Å². The van der Waals surface area contributed by atoms with Gasteiger partial charge in [0.15, 0.2) is 0 Å². The normalized spacial score (nSPS) is 18.7. The molecule has 1 aromatic rings. The molecule has 1 aromatic heterocycles. The van der Waals surface area contributed by atoms with Gasteiger partial charge in [-0.3, -0.25) is 0 Å². The van der Waals surface area contributed by atoms with Crippen LogP contribution in [0.3, 0.4) is 0 Å². The summed E-state index contributed by atoms with van der Waals surface area (Å²) < 4.78 is 12.6. The van der Waals surface area contributed by atoms with Gasteiger partial charge < -0.3 is 10.6 Å². The number of anilines is 1. The van der Waals surface area contributed by atoms with Gasteiger partial charge in [-0.2, -0.15) is 0 Å². The second kappa shape index (κ2) is 3.77. The standard InChI is InChI=1S/C11H16FN3/c1-2-5-11(13)7-15(8-11)10-4-3-9(12)6-14-10/h3-4,6H,2,5,7-8,13H2,1H3. The van der Waals surface area contributed by atoms with Gasteiger partial charge in [-0.1, -0.05) is 13.3 Å². The van der Waals surface area contributed by atoms with Gasteiger partial charge in [-0.05, 0) is 18.6 Å². The predicted octanol–water partition coefficient (Wildman–Crippen LogP) is 1.54. The first-order valence-corrected chi connectivity index (χ1v) is 5.28. The number of halogens is 1. The van der Waals surface area contributed by atoms with E-state index in [-0.39, 0.29) is 11.4 Å². The van der Waals surface area contributed by atoms with Gasteiger partial charge in [0.1, 0.15) is 11.6 Å². The smallest absolute Gasteiger partial charge is 0.141 e. The van der Waals surface area contributed by atoms with E-state index in [0.29, 0.717) is 0 Å².